The molecule has 0 aliphatic heterocycles. The average molecular weight is 330 g/mol. The van der Waals surface area contributed by atoms with Gasteiger partial charge in [0.15, 0.2) is 5.01 Å². The zero-order valence-electron chi connectivity index (χ0n) is 9.15. The predicted molar refractivity (Wildman–Crippen MR) is 75.7 cm³/mol. The van der Waals surface area contributed by atoms with Crippen molar-refractivity contribution in [2.75, 3.05) is 6.54 Å². The van der Waals surface area contributed by atoms with Crippen molar-refractivity contribution in [2.45, 2.75) is 25.3 Å². The Bertz CT molecular complexity index is 504. The highest BCUT2D eigenvalue weighted by molar-refractivity contribution is 9.11. The van der Waals surface area contributed by atoms with E-state index in [0.717, 1.165) is 32.8 Å². The van der Waals surface area contributed by atoms with Crippen LogP contribution >= 0.6 is 38.6 Å². The van der Waals surface area contributed by atoms with Gasteiger partial charge in [-0.1, -0.05) is 11.3 Å². The molecular weight excluding hydrogens is 318 g/mol. The zero-order valence-corrected chi connectivity index (χ0v) is 12.4. The van der Waals surface area contributed by atoms with Gasteiger partial charge in [0.25, 0.3) is 0 Å². The van der Waals surface area contributed by atoms with Gasteiger partial charge in [-0.15, -0.1) is 21.5 Å². The van der Waals surface area contributed by atoms with E-state index in [1.54, 1.807) is 22.7 Å². The maximum atomic E-state index is 4.24. The Morgan fingerprint density at radius 2 is 2.18 bits per heavy atom. The third-order valence-electron chi connectivity index (χ3n) is 2.60. The fourth-order valence-corrected chi connectivity index (χ4v) is 3.83. The van der Waals surface area contributed by atoms with Crippen LogP contribution in [0.3, 0.4) is 0 Å². The fourth-order valence-electron chi connectivity index (χ4n) is 1.55. The van der Waals surface area contributed by atoms with Gasteiger partial charge in [-0.3, -0.25) is 0 Å². The minimum absolute atomic E-state index is 0.774. The Morgan fingerprint density at radius 1 is 1.29 bits per heavy atom. The van der Waals surface area contributed by atoms with Crippen molar-refractivity contribution in [3.05, 3.63) is 20.9 Å². The van der Waals surface area contributed by atoms with Crippen LogP contribution in [0.5, 0.6) is 0 Å². The molecule has 0 aromatic carbocycles. The molecule has 0 unspecified atom stereocenters. The molecule has 0 radical (unpaired) electrons. The summed E-state index contributed by atoms with van der Waals surface area (Å²) in [7, 11) is 0. The van der Waals surface area contributed by atoms with Crippen LogP contribution in [0, 0.1) is 0 Å². The summed E-state index contributed by atoms with van der Waals surface area (Å²) < 4.78 is 1.14. The second kappa shape index (κ2) is 5.14. The van der Waals surface area contributed by atoms with E-state index >= 15 is 0 Å². The third kappa shape index (κ3) is 3.13. The van der Waals surface area contributed by atoms with E-state index in [0.29, 0.717) is 0 Å². The Labute approximate surface area is 116 Å². The van der Waals surface area contributed by atoms with Crippen LogP contribution in [0.1, 0.15) is 17.8 Å². The highest BCUT2D eigenvalue weighted by atomic mass is 79.9. The van der Waals surface area contributed by atoms with Gasteiger partial charge < -0.3 is 5.32 Å². The number of hydrogen-bond acceptors (Lipinski definition) is 5. The van der Waals surface area contributed by atoms with Crippen LogP contribution in [0.15, 0.2) is 15.9 Å². The number of nitrogens with one attached hydrogen (secondary N) is 1. The molecule has 0 amide bonds. The number of nitrogens with zero attached hydrogens (tertiary/aromatic N) is 2. The van der Waals surface area contributed by atoms with Crippen molar-refractivity contribution in [3.8, 4) is 9.88 Å². The topological polar surface area (TPSA) is 37.8 Å². The number of aromatic nitrogens is 2. The molecule has 3 nitrogen and oxygen atoms in total. The minimum atomic E-state index is 0.774. The Morgan fingerprint density at radius 3 is 2.88 bits per heavy atom. The lowest BCUT2D eigenvalue weighted by atomic mass is 10.4. The van der Waals surface area contributed by atoms with E-state index in [4.69, 9.17) is 0 Å². The first-order chi connectivity index (χ1) is 8.31. The van der Waals surface area contributed by atoms with Gasteiger partial charge in [-0.05, 0) is 40.9 Å². The van der Waals surface area contributed by atoms with Gasteiger partial charge in [0.1, 0.15) is 5.01 Å². The molecule has 0 atom stereocenters. The van der Waals surface area contributed by atoms with Crippen LogP contribution in [0.25, 0.3) is 9.88 Å². The van der Waals surface area contributed by atoms with E-state index in [-0.39, 0.29) is 0 Å². The van der Waals surface area contributed by atoms with E-state index in [1.165, 1.54) is 17.7 Å². The first-order valence-electron chi connectivity index (χ1n) is 5.63. The molecule has 1 aliphatic carbocycles. The first kappa shape index (κ1) is 11.8. The van der Waals surface area contributed by atoms with Gasteiger partial charge in [0.05, 0.1) is 8.66 Å². The molecule has 1 aliphatic rings. The van der Waals surface area contributed by atoms with Crippen LogP contribution in [-0.4, -0.2) is 22.8 Å². The second-order valence-electron chi connectivity index (χ2n) is 4.08. The molecular formula is C11H12BrN3S2. The maximum absolute atomic E-state index is 4.24. The van der Waals surface area contributed by atoms with Crippen molar-refractivity contribution in [1.29, 1.82) is 0 Å². The molecule has 1 N–H and O–H groups in total. The molecule has 6 heteroatoms. The van der Waals surface area contributed by atoms with Crippen molar-refractivity contribution in [1.82, 2.24) is 15.5 Å². The summed E-state index contributed by atoms with van der Waals surface area (Å²) in [4.78, 5) is 1.19. The predicted octanol–water partition coefficient (Wildman–Crippen LogP) is 3.32. The Kier molecular flexibility index (Phi) is 3.56. The lowest BCUT2D eigenvalue weighted by Gasteiger charge is -1.97. The summed E-state index contributed by atoms with van der Waals surface area (Å²) in [5.41, 5.74) is 0. The Hall–Kier alpha value is -0.300. The summed E-state index contributed by atoms with van der Waals surface area (Å²) in [6.45, 7) is 1.02. The fraction of sp³-hybridized carbons (Fsp3) is 0.455. The summed E-state index contributed by atoms with van der Waals surface area (Å²) in [5, 5.41) is 14.1. The third-order valence-corrected chi connectivity index (χ3v) is 5.38. The summed E-state index contributed by atoms with van der Waals surface area (Å²) >= 11 is 6.87. The summed E-state index contributed by atoms with van der Waals surface area (Å²) in [6.07, 6.45) is 3.66. The van der Waals surface area contributed by atoms with Crippen molar-refractivity contribution in [3.63, 3.8) is 0 Å². The number of hydrogen-bond donors (Lipinski definition) is 1. The molecule has 1 fully saturated rings. The standard InChI is InChI=1S/C11H12BrN3S2/c12-9-4-3-8(16-9)11-15-14-10(17-11)5-6-13-7-1-2-7/h3-4,7,13H,1-2,5-6H2. The van der Waals surface area contributed by atoms with Crippen LogP contribution < -0.4 is 5.32 Å². The normalized spacial score (nSPS) is 15.4. The molecule has 2 aromatic heterocycles. The average Bonchev–Trinajstić information content (AvgIpc) is 2.85. The first-order valence-corrected chi connectivity index (χ1v) is 8.05. The van der Waals surface area contributed by atoms with Crippen LogP contribution in [0.2, 0.25) is 0 Å². The molecule has 17 heavy (non-hydrogen) atoms. The molecule has 0 spiro atoms. The largest absolute Gasteiger partial charge is 0.314 e. The van der Waals surface area contributed by atoms with Gasteiger partial charge in [-0.2, -0.15) is 0 Å². The van der Waals surface area contributed by atoms with Gasteiger partial charge in [-0.25, -0.2) is 0 Å². The quantitative estimate of drug-likeness (QED) is 0.914. The molecule has 1 saturated carbocycles. The maximum Gasteiger partial charge on any atom is 0.157 e. The van der Waals surface area contributed by atoms with Gasteiger partial charge >= 0.3 is 0 Å². The highest BCUT2D eigenvalue weighted by Gasteiger charge is 2.20. The SMILES string of the molecule is Brc1ccc(-c2nnc(CCNC3CC3)s2)s1. The molecule has 0 saturated heterocycles. The number of halogens is 1. The van der Waals surface area contributed by atoms with Gasteiger partial charge in [0, 0.05) is 19.0 Å². The van der Waals surface area contributed by atoms with E-state index in [1.807, 2.05) is 0 Å². The summed E-state index contributed by atoms with van der Waals surface area (Å²) in [5.74, 6) is 0. The molecule has 0 bridgehead atoms. The minimum Gasteiger partial charge on any atom is -0.314 e. The summed E-state index contributed by atoms with van der Waals surface area (Å²) in [6, 6.07) is 4.91. The molecule has 3 rings (SSSR count). The van der Waals surface area contributed by atoms with E-state index in [2.05, 4.69) is 43.6 Å². The van der Waals surface area contributed by atoms with Gasteiger partial charge in [0.2, 0.25) is 0 Å². The monoisotopic (exact) mass is 329 g/mol. The van der Waals surface area contributed by atoms with Crippen LogP contribution in [0.4, 0.5) is 0 Å². The van der Waals surface area contributed by atoms with E-state index in [9.17, 15) is 0 Å². The molecule has 2 heterocycles. The van der Waals surface area contributed by atoms with Crippen molar-refractivity contribution < 1.29 is 0 Å². The van der Waals surface area contributed by atoms with Crippen LogP contribution in [-0.2, 0) is 6.42 Å². The van der Waals surface area contributed by atoms with E-state index < -0.39 is 0 Å². The smallest absolute Gasteiger partial charge is 0.157 e. The molecule has 90 valence electrons. The lowest BCUT2D eigenvalue weighted by molar-refractivity contribution is 0.677. The zero-order chi connectivity index (χ0) is 11.7. The number of thiophene rings is 1. The van der Waals surface area contributed by atoms with Crippen molar-refractivity contribution >= 4 is 38.6 Å². The number of rotatable bonds is 5. The molecule has 2 aromatic rings. The second-order valence-corrected chi connectivity index (χ2v) is 7.61. The van der Waals surface area contributed by atoms with Crippen molar-refractivity contribution in [2.24, 2.45) is 0 Å². The highest BCUT2D eigenvalue weighted by Crippen LogP contribution is 2.33. The lowest BCUT2D eigenvalue weighted by Crippen LogP contribution is -2.19. The Balaban J connectivity index is 1.61.